The van der Waals surface area contributed by atoms with E-state index in [-0.39, 0.29) is 23.6 Å². The molecule has 2 aromatic heterocycles. The van der Waals surface area contributed by atoms with Crippen molar-refractivity contribution < 1.29 is 19.4 Å². The number of esters is 1. The minimum Gasteiger partial charge on any atom is -0.478 e. The number of hydrogen-bond donors (Lipinski definition) is 2. The molecule has 2 N–H and O–H groups in total. The van der Waals surface area contributed by atoms with E-state index in [0.717, 1.165) is 28.3 Å². The van der Waals surface area contributed by atoms with E-state index in [4.69, 9.17) is 17.0 Å². The molecule has 35 heavy (non-hydrogen) atoms. The third kappa shape index (κ3) is 4.90. The summed E-state index contributed by atoms with van der Waals surface area (Å²) in [6.07, 6.45) is 2.69. The smallest absolute Gasteiger partial charge is 0.335 e. The van der Waals surface area contributed by atoms with Crippen LogP contribution < -0.4 is 5.32 Å². The molecule has 1 aliphatic heterocycles. The molecule has 4 rings (SSSR count). The summed E-state index contributed by atoms with van der Waals surface area (Å²) < 4.78 is 6.91. The standard InChI is InChI=1S/C26H28N4O4S/c1-16-15-20(17(2)30(16)19-11-9-18(10-12-19)25(32)33)24-23(21-7-4-5-13-27-21)28-26(35)29(24)14-6-8-22(31)34-3/h4-5,7,9-13,15,23-24H,6,8,14H2,1-3H3,(H,28,35)(H,32,33)/t23-,24+/m1/s1. The Bertz CT molecular complexity index is 1240. The first kappa shape index (κ1) is 24.4. The number of aromatic nitrogens is 2. The van der Waals surface area contributed by atoms with Crippen LogP contribution in [-0.2, 0) is 9.53 Å². The van der Waals surface area contributed by atoms with Gasteiger partial charge in [0.25, 0.3) is 0 Å². The van der Waals surface area contributed by atoms with Crippen LogP contribution in [0.3, 0.4) is 0 Å². The number of aryl methyl sites for hydroxylation is 1. The summed E-state index contributed by atoms with van der Waals surface area (Å²) in [7, 11) is 1.39. The molecule has 0 spiro atoms. The fourth-order valence-electron chi connectivity index (χ4n) is 4.72. The van der Waals surface area contributed by atoms with Gasteiger partial charge < -0.3 is 24.6 Å². The molecule has 1 aliphatic rings. The van der Waals surface area contributed by atoms with Crippen molar-refractivity contribution in [3.63, 3.8) is 0 Å². The average molecular weight is 493 g/mol. The van der Waals surface area contributed by atoms with E-state index >= 15 is 0 Å². The van der Waals surface area contributed by atoms with Crippen molar-refractivity contribution in [3.8, 4) is 5.69 Å². The number of rotatable bonds is 8. The highest BCUT2D eigenvalue weighted by Gasteiger charge is 2.41. The second-order valence-electron chi connectivity index (χ2n) is 8.51. The zero-order valence-corrected chi connectivity index (χ0v) is 20.7. The summed E-state index contributed by atoms with van der Waals surface area (Å²) in [5.74, 6) is -1.20. The highest BCUT2D eigenvalue weighted by atomic mass is 32.1. The number of carboxylic acid groups (broad SMARTS) is 1. The van der Waals surface area contributed by atoms with Gasteiger partial charge in [-0.1, -0.05) is 6.07 Å². The minimum absolute atomic E-state index is 0.131. The number of thiocarbonyl (C=S) groups is 1. The molecule has 0 radical (unpaired) electrons. The lowest BCUT2D eigenvalue weighted by Gasteiger charge is -2.28. The largest absolute Gasteiger partial charge is 0.478 e. The van der Waals surface area contributed by atoms with Gasteiger partial charge in [0, 0.05) is 36.2 Å². The normalized spacial score (nSPS) is 17.3. The highest BCUT2D eigenvalue weighted by molar-refractivity contribution is 7.80. The van der Waals surface area contributed by atoms with E-state index in [1.54, 1.807) is 18.3 Å². The summed E-state index contributed by atoms with van der Waals surface area (Å²) in [5, 5.41) is 13.3. The monoisotopic (exact) mass is 492 g/mol. The van der Waals surface area contributed by atoms with E-state index < -0.39 is 5.97 Å². The van der Waals surface area contributed by atoms with Gasteiger partial charge in [-0.3, -0.25) is 9.78 Å². The molecule has 0 bridgehead atoms. The number of nitrogens with zero attached hydrogens (tertiary/aromatic N) is 3. The fraction of sp³-hybridized carbons (Fsp3) is 0.308. The fourth-order valence-corrected chi connectivity index (χ4v) is 5.05. The summed E-state index contributed by atoms with van der Waals surface area (Å²) in [6.45, 7) is 4.67. The lowest BCUT2D eigenvalue weighted by molar-refractivity contribution is -0.140. The lowest BCUT2D eigenvalue weighted by atomic mass is 9.96. The molecule has 8 nitrogen and oxygen atoms in total. The molecular formula is C26H28N4O4S. The van der Waals surface area contributed by atoms with Crippen LogP contribution >= 0.6 is 12.2 Å². The molecule has 1 saturated heterocycles. The van der Waals surface area contributed by atoms with Crippen LogP contribution in [0.1, 0.15) is 57.9 Å². The maximum Gasteiger partial charge on any atom is 0.335 e. The van der Waals surface area contributed by atoms with Gasteiger partial charge in [-0.05, 0) is 80.5 Å². The van der Waals surface area contributed by atoms with E-state index in [9.17, 15) is 14.7 Å². The summed E-state index contributed by atoms with van der Waals surface area (Å²) in [4.78, 5) is 29.7. The number of hydrogen-bond acceptors (Lipinski definition) is 5. The maximum absolute atomic E-state index is 11.7. The first-order valence-corrected chi connectivity index (χ1v) is 11.8. The summed E-state index contributed by atoms with van der Waals surface area (Å²) >= 11 is 5.73. The first-order valence-electron chi connectivity index (χ1n) is 11.4. The van der Waals surface area contributed by atoms with E-state index in [2.05, 4.69) is 32.8 Å². The van der Waals surface area contributed by atoms with Gasteiger partial charge in [-0.2, -0.15) is 0 Å². The summed E-state index contributed by atoms with van der Waals surface area (Å²) in [5.41, 5.74) is 5.15. The van der Waals surface area contributed by atoms with Crippen LogP contribution in [0.4, 0.5) is 0 Å². The Balaban J connectivity index is 1.73. The Labute approximate surface area is 209 Å². The molecule has 0 unspecified atom stereocenters. The van der Waals surface area contributed by atoms with Crippen molar-refractivity contribution in [2.75, 3.05) is 13.7 Å². The van der Waals surface area contributed by atoms with Crippen molar-refractivity contribution in [3.05, 3.63) is 82.9 Å². The number of carbonyl (C=O) groups is 2. The highest BCUT2D eigenvalue weighted by Crippen LogP contribution is 2.41. The van der Waals surface area contributed by atoms with Gasteiger partial charge in [0.15, 0.2) is 5.11 Å². The van der Waals surface area contributed by atoms with E-state index in [0.29, 0.717) is 24.5 Å². The van der Waals surface area contributed by atoms with Crippen LogP contribution in [0.25, 0.3) is 5.69 Å². The Kier molecular flexibility index (Phi) is 7.16. The third-order valence-corrected chi connectivity index (χ3v) is 6.72. The minimum atomic E-state index is -0.954. The molecule has 0 saturated carbocycles. The zero-order chi connectivity index (χ0) is 25.1. The Hall–Kier alpha value is -3.72. The number of pyridine rings is 1. The average Bonchev–Trinajstić information content (AvgIpc) is 3.34. The van der Waals surface area contributed by atoms with Crippen molar-refractivity contribution >= 4 is 29.3 Å². The van der Waals surface area contributed by atoms with Crippen molar-refractivity contribution in [2.24, 2.45) is 0 Å². The number of carbonyl (C=O) groups excluding carboxylic acids is 1. The molecule has 2 atom stereocenters. The van der Waals surface area contributed by atoms with Gasteiger partial charge in [-0.15, -0.1) is 0 Å². The number of benzene rings is 1. The summed E-state index contributed by atoms with van der Waals surface area (Å²) in [6, 6.07) is 14.5. The lowest BCUT2D eigenvalue weighted by Crippen LogP contribution is -2.31. The predicted octanol–water partition coefficient (Wildman–Crippen LogP) is 4.11. The van der Waals surface area contributed by atoms with Crippen molar-refractivity contribution in [1.29, 1.82) is 0 Å². The van der Waals surface area contributed by atoms with Crippen LogP contribution in [0.5, 0.6) is 0 Å². The number of ether oxygens (including phenoxy) is 1. The van der Waals surface area contributed by atoms with E-state index in [1.807, 2.05) is 37.3 Å². The van der Waals surface area contributed by atoms with Crippen LogP contribution in [0, 0.1) is 13.8 Å². The molecular weight excluding hydrogens is 464 g/mol. The number of aromatic carboxylic acids is 1. The second kappa shape index (κ2) is 10.3. The molecule has 182 valence electrons. The maximum atomic E-state index is 11.7. The SMILES string of the molecule is COC(=O)CCCN1C(=S)N[C@H](c2ccccn2)[C@@H]1c1cc(C)n(-c2ccc(C(=O)O)cc2)c1C. The molecule has 0 amide bonds. The number of methoxy groups -OCH3 is 1. The van der Waals surface area contributed by atoms with Gasteiger partial charge in [-0.25, -0.2) is 4.79 Å². The predicted molar refractivity (Wildman–Crippen MR) is 136 cm³/mol. The molecule has 0 aliphatic carbocycles. The third-order valence-electron chi connectivity index (χ3n) is 6.37. The molecule has 9 heteroatoms. The molecule has 1 fully saturated rings. The molecule has 3 heterocycles. The Morgan fingerprint density at radius 2 is 1.91 bits per heavy atom. The first-order chi connectivity index (χ1) is 16.8. The van der Waals surface area contributed by atoms with Crippen molar-refractivity contribution in [1.82, 2.24) is 19.8 Å². The Morgan fingerprint density at radius 1 is 1.17 bits per heavy atom. The van der Waals surface area contributed by atoms with Gasteiger partial charge in [0.1, 0.15) is 0 Å². The van der Waals surface area contributed by atoms with Gasteiger partial charge in [0.05, 0.1) is 30.5 Å². The topological polar surface area (TPSA) is 96.7 Å². The number of carboxylic acids is 1. The quantitative estimate of drug-likeness (QED) is 0.358. The van der Waals surface area contributed by atoms with Gasteiger partial charge in [0.2, 0.25) is 0 Å². The molecule has 1 aromatic carbocycles. The van der Waals surface area contributed by atoms with Crippen molar-refractivity contribution in [2.45, 2.75) is 38.8 Å². The second-order valence-corrected chi connectivity index (χ2v) is 8.90. The zero-order valence-electron chi connectivity index (χ0n) is 19.9. The van der Waals surface area contributed by atoms with Crippen LogP contribution in [0.15, 0.2) is 54.7 Å². The van der Waals surface area contributed by atoms with Crippen LogP contribution in [-0.4, -0.2) is 50.3 Å². The van der Waals surface area contributed by atoms with Gasteiger partial charge >= 0.3 is 11.9 Å². The number of nitrogens with one attached hydrogen (secondary N) is 1. The van der Waals surface area contributed by atoms with E-state index in [1.165, 1.54) is 7.11 Å². The Morgan fingerprint density at radius 3 is 2.54 bits per heavy atom. The molecule has 3 aromatic rings. The van der Waals surface area contributed by atoms with Crippen LogP contribution in [0.2, 0.25) is 0 Å².